The fourth-order valence-electron chi connectivity index (χ4n) is 3.91. The van der Waals surface area contributed by atoms with E-state index in [2.05, 4.69) is 0 Å². The van der Waals surface area contributed by atoms with Crippen LogP contribution < -0.4 is 0 Å². The number of hydrogen-bond donors (Lipinski definition) is 1. The van der Waals surface area contributed by atoms with Crippen LogP contribution in [-0.2, 0) is 9.59 Å². The summed E-state index contributed by atoms with van der Waals surface area (Å²) in [5.41, 5.74) is -0.249. The van der Waals surface area contributed by atoms with Crippen LogP contribution in [0.3, 0.4) is 0 Å². The van der Waals surface area contributed by atoms with E-state index in [4.69, 9.17) is 0 Å². The Kier molecular flexibility index (Phi) is 4.24. The molecule has 4 nitrogen and oxygen atoms in total. The second kappa shape index (κ2) is 5.47. The van der Waals surface area contributed by atoms with Crippen LogP contribution in [-0.4, -0.2) is 34.5 Å². The maximum Gasteiger partial charge on any atom is 0.230 e. The highest BCUT2D eigenvalue weighted by atomic mass is 16.3. The molecule has 4 heteroatoms. The van der Waals surface area contributed by atoms with Crippen LogP contribution in [0, 0.1) is 10.8 Å². The molecule has 2 aliphatic rings. The average Bonchev–Trinajstić information content (AvgIpc) is 2.73. The summed E-state index contributed by atoms with van der Waals surface area (Å²) in [5, 5.41) is 9.26. The number of aliphatic hydroxyl groups is 1. The molecule has 114 valence electrons. The van der Waals surface area contributed by atoms with Gasteiger partial charge in [-0.05, 0) is 30.1 Å². The quantitative estimate of drug-likeness (QED) is 0.809. The van der Waals surface area contributed by atoms with Crippen LogP contribution in [0.2, 0.25) is 0 Å². The first kappa shape index (κ1) is 15.5. The van der Waals surface area contributed by atoms with E-state index < -0.39 is 0 Å². The number of imide groups is 1. The van der Waals surface area contributed by atoms with Gasteiger partial charge in [-0.2, -0.15) is 0 Å². The van der Waals surface area contributed by atoms with Crippen molar-refractivity contribution in [3.8, 4) is 0 Å². The Morgan fingerprint density at radius 2 is 1.65 bits per heavy atom. The van der Waals surface area contributed by atoms with Crippen molar-refractivity contribution < 1.29 is 14.7 Å². The van der Waals surface area contributed by atoms with Gasteiger partial charge in [-0.25, -0.2) is 0 Å². The molecule has 1 heterocycles. The highest BCUT2D eigenvalue weighted by molar-refractivity contribution is 5.99. The molecule has 1 N–H and O–H groups in total. The molecule has 2 fully saturated rings. The van der Waals surface area contributed by atoms with E-state index in [1.165, 1.54) is 4.90 Å². The lowest BCUT2D eigenvalue weighted by Crippen LogP contribution is -2.56. The number of hydrogen-bond acceptors (Lipinski definition) is 3. The summed E-state index contributed by atoms with van der Waals surface area (Å²) in [4.78, 5) is 26.6. The minimum Gasteiger partial charge on any atom is -0.396 e. The average molecular weight is 281 g/mol. The van der Waals surface area contributed by atoms with Gasteiger partial charge in [0.15, 0.2) is 0 Å². The van der Waals surface area contributed by atoms with Gasteiger partial charge < -0.3 is 5.11 Å². The molecule has 0 aromatic heterocycles. The van der Waals surface area contributed by atoms with Crippen molar-refractivity contribution in [2.75, 3.05) is 6.61 Å². The number of rotatable bonds is 3. The van der Waals surface area contributed by atoms with E-state index in [0.29, 0.717) is 19.3 Å². The Hall–Kier alpha value is -0.900. The topological polar surface area (TPSA) is 57.6 Å². The Balaban J connectivity index is 2.20. The summed E-state index contributed by atoms with van der Waals surface area (Å²) in [6.45, 7) is 6.07. The van der Waals surface area contributed by atoms with Crippen LogP contribution in [0.5, 0.6) is 0 Å². The smallest absolute Gasteiger partial charge is 0.230 e. The summed E-state index contributed by atoms with van der Waals surface area (Å²) in [5.74, 6) is -0.0620. The lowest BCUT2D eigenvalue weighted by atomic mass is 9.74. The molecule has 0 aromatic rings. The van der Waals surface area contributed by atoms with E-state index in [1.54, 1.807) is 0 Å². The van der Waals surface area contributed by atoms with Crippen molar-refractivity contribution in [3.63, 3.8) is 0 Å². The molecule has 1 saturated carbocycles. The zero-order valence-corrected chi connectivity index (χ0v) is 12.9. The van der Waals surface area contributed by atoms with Crippen LogP contribution in [0.1, 0.15) is 65.7 Å². The van der Waals surface area contributed by atoms with Crippen LogP contribution in [0.15, 0.2) is 0 Å². The first-order valence-corrected chi connectivity index (χ1v) is 7.75. The van der Waals surface area contributed by atoms with Crippen molar-refractivity contribution in [2.24, 2.45) is 10.8 Å². The monoisotopic (exact) mass is 281 g/mol. The van der Waals surface area contributed by atoms with E-state index >= 15 is 0 Å². The Bertz CT molecular complexity index is 371. The van der Waals surface area contributed by atoms with Gasteiger partial charge in [0.1, 0.15) is 0 Å². The third-order valence-corrected chi connectivity index (χ3v) is 4.97. The van der Waals surface area contributed by atoms with E-state index in [-0.39, 0.29) is 35.3 Å². The highest BCUT2D eigenvalue weighted by Gasteiger charge is 2.48. The fourth-order valence-corrected chi connectivity index (χ4v) is 3.91. The summed E-state index contributed by atoms with van der Waals surface area (Å²) in [6, 6.07) is -0.203. The molecule has 1 atom stereocenters. The molecular weight excluding hydrogens is 254 g/mol. The van der Waals surface area contributed by atoms with Gasteiger partial charge in [0.25, 0.3) is 0 Å². The van der Waals surface area contributed by atoms with Crippen molar-refractivity contribution >= 4 is 11.8 Å². The third kappa shape index (κ3) is 2.90. The molecule has 0 bridgehead atoms. The summed E-state index contributed by atoms with van der Waals surface area (Å²) < 4.78 is 0. The van der Waals surface area contributed by atoms with Crippen molar-refractivity contribution in [3.05, 3.63) is 0 Å². The van der Waals surface area contributed by atoms with Gasteiger partial charge in [-0.15, -0.1) is 0 Å². The lowest BCUT2D eigenvalue weighted by Gasteiger charge is -2.45. The number of carbonyl (C=O) groups is 2. The third-order valence-electron chi connectivity index (χ3n) is 4.97. The number of nitrogens with zero attached hydrogens (tertiary/aromatic N) is 1. The molecule has 1 spiro atoms. The van der Waals surface area contributed by atoms with E-state index in [1.807, 2.05) is 20.8 Å². The Morgan fingerprint density at radius 3 is 2.05 bits per heavy atom. The predicted octanol–water partition coefficient (Wildman–Crippen LogP) is 2.49. The lowest BCUT2D eigenvalue weighted by molar-refractivity contribution is -0.159. The zero-order valence-electron chi connectivity index (χ0n) is 12.9. The molecule has 1 aliphatic heterocycles. The molecule has 2 rings (SSSR count). The largest absolute Gasteiger partial charge is 0.396 e. The summed E-state index contributed by atoms with van der Waals surface area (Å²) in [7, 11) is 0. The number of carbonyl (C=O) groups excluding carboxylic acids is 2. The Morgan fingerprint density at radius 1 is 1.15 bits per heavy atom. The maximum atomic E-state index is 12.6. The van der Waals surface area contributed by atoms with Gasteiger partial charge in [0, 0.05) is 25.5 Å². The fraction of sp³-hybridized carbons (Fsp3) is 0.875. The van der Waals surface area contributed by atoms with E-state index in [0.717, 1.165) is 25.7 Å². The minimum absolute atomic E-state index is 0.00411. The highest BCUT2D eigenvalue weighted by Crippen LogP contribution is 2.48. The van der Waals surface area contributed by atoms with Crippen molar-refractivity contribution in [2.45, 2.75) is 71.8 Å². The molecule has 2 amide bonds. The van der Waals surface area contributed by atoms with Crippen molar-refractivity contribution in [1.29, 1.82) is 0 Å². The minimum atomic E-state index is -0.203. The second-order valence-electron chi connectivity index (χ2n) is 7.61. The van der Waals surface area contributed by atoms with Gasteiger partial charge in [-0.1, -0.05) is 33.6 Å². The van der Waals surface area contributed by atoms with Gasteiger partial charge in [0.05, 0.1) is 0 Å². The number of likely N-dealkylation sites (tertiary alicyclic amines) is 1. The summed E-state index contributed by atoms with van der Waals surface area (Å²) in [6.07, 6.45) is 5.79. The number of aliphatic hydroxyl groups excluding tert-OH is 1. The van der Waals surface area contributed by atoms with Crippen LogP contribution in [0.4, 0.5) is 0 Å². The van der Waals surface area contributed by atoms with Gasteiger partial charge >= 0.3 is 0 Å². The molecule has 0 aromatic carbocycles. The second-order valence-corrected chi connectivity index (χ2v) is 7.61. The molecule has 1 unspecified atom stereocenters. The first-order chi connectivity index (χ1) is 9.29. The van der Waals surface area contributed by atoms with Crippen LogP contribution in [0.25, 0.3) is 0 Å². The molecule has 20 heavy (non-hydrogen) atoms. The molecule has 1 aliphatic carbocycles. The number of piperidine rings is 1. The van der Waals surface area contributed by atoms with E-state index in [9.17, 15) is 14.7 Å². The standard InChI is InChI=1S/C16H27NO3/c1-15(2,3)12(6-9-18)17-13(19)10-16(11-14(17)20)7-4-5-8-16/h12,18H,4-11H2,1-3H3. The maximum absolute atomic E-state index is 12.6. The SMILES string of the molecule is CC(C)(C)C(CCO)N1C(=O)CC2(CCCC2)CC1=O. The number of amides is 2. The first-order valence-electron chi connectivity index (χ1n) is 7.75. The van der Waals surface area contributed by atoms with Crippen LogP contribution >= 0.6 is 0 Å². The Labute approximate surface area is 121 Å². The molecule has 0 radical (unpaired) electrons. The van der Waals surface area contributed by atoms with Crippen molar-refractivity contribution in [1.82, 2.24) is 4.90 Å². The molecule has 1 saturated heterocycles. The normalized spacial score (nSPS) is 24.5. The predicted molar refractivity (Wildman–Crippen MR) is 76.9 cm³/mol. The molecular formula is C16H27NO3. The zero-order chi connectivity index (χ0) is 15.0. The van der Waals surface area contributed by atoms with Gasteiger partial charge in [-0.3, -0.25) is 14.5 Å². The summed E-state index contributed by atoms with van der Waals surface area (Å²) >= 11 is 0. The van der Waals surface area contributed by atoms with Gasteiger partial charge in [0.2, 0.25) is 11.8 Å².